The van der Waals surface area contributed by atoms with Gasteiger partial charge in [0, 0.05) is 45.8 Å². The van der Waals surface area contributed by atoms with Gasteiger partial charge in [0.1, 0.15) is 12.4 Å². The Morgan fingerprint density at radius 1 is 1.06 bits per heavy atom. The first kappa shape index (κ1) is 23.1. The highest BCUT2D eigenvalue weighted by molar-refractivity contribution is 7.92. The molecule has 0 radical (unpaired) electrons. The average Bonchev–Trinajstić information content (AvgIpc) is 2.78. The highest BCUT2D eigenvalue weighted by atomic mass is 35.5. The van der Waals surface area contributed by atoms with Crippen LogP contribution in [0.15, 0.2) is 59.5 Å². The molecule has 1 N–H and O–H groups in total. The minimum Gasteiger partial charge on any atom is -0.473 e. The fourth-order valence-corrected chi connectivity index (χ4v) is 5.85. The number of anilines is 1. The summed E-state index contributed by atoms with van der Waals surface area (Å²) in [7, 11) is -3.96. The Kier molecular flexibility index (Phi) is 6.83. The molecule has 1 aliphatic rings. The van der Waals surface area contributed by atoms with Gasteiger partial charge in [0.05, 0.1) is 4.90 Å². The van der Waals surface area contributed by atoms with Crippen LogP contribution >= 0.6 is 34.8 Å². The van der Waals surface area contributed by atoms with Crippen molar-refractivity contribution in [2.24, 2.45) is 5.92 Å². The summed E-state index contributed by atoms with van der Waals surface area (Å²) in [5.41, 5.74) is 1.31. The Labute approximate surface area is 201 Å². The molecule has 0 spiro atoms. The molecule has 0 bridgehead atoms. The third kappa shape index (κ3) is 4.67. The molecule has 0 fully saturated rings. The third-order valence-corrected chi connectivity index (χ3v) is 7.86. The lowest BCUT2D eigenvalue weighted by atomic mass is 9.97. The van der Waals surface area contributed by atoms with Crippen molar-refractivity contribution in [1.82, 2.24) is 4.98 Å². The summed E-state index contributed by atoms with van der Waals surface area (Å²) in [5, 5.41) is 11.0. The molecule has 2 aromatic carbocycles. The monoisotopic (exact) mass is 512 g/mol. The second-order valence-corrected chi connectivity index (χ2v) is 10.5. The van der Waals surface area contributed by atoms with Crippen molar-refractivity contribution in [2.75, 3.05) is 17.5 Å². The van der Waals surface area contributed by atoms with E-state index in [1.165, 1.54) is 16.4 Å². The fraction of sp³-hybridized carbons (Fsp3) is 0.227. The number of hydrogen-bond donors (Lipinski definition) is 1. The number of aliphatic hydroxyl groups excluding tert-OH is 1. The number of benzene rings is 2. The topological polar surface area (TPSA) is 79.7 Å². The molecule has 32 heavy (non-hydrogen) atoms. The van der Waals surface area contributed by atoms with Crippen molar-refractivity contribution in [3.63, 3.8) is 0 Å². The first-order valence-electron chi connectivity index (χ1n) is 9.74. The first-order valence-corrected chi connectivity index (χ1v) is 12.3. The number of hydrogen-bond acceptors (Lipinski definition) is 5. The zero-order valence-electron chi connectivity index (χ0n) is 16.7. The highest BCUT2D eigenvalue weighted by Crippen LogP contribution is 2.35. The van der Waals surface area contributed by atoms with E-state index in [1.807, 2.05) is 0 Å². The molecule has 0 amide bonds. The van der Waals surface area contributed by atoms with Gasteiger partial charge in [-0.25, -0.2) is 12.7 Å². The number of fused-ring (bicyclic) bond motifs is 1. The largest absolute Gasteiger partial charge is 0.473 e. The smallest absolute Gasteiger partial charge is 0.265 e. The van der Waals surface area contributed by atoms with Crippen LogP contribution in [0.1, 0.15) is 11.1 Å². The molecule has 6 nitrogen and oxygen atoms in total. The lowest BCUT2D eigenvalue weighted by molar-refractivity contribution is 0.227. The van der Waals surface area contributed by atoms with E-state index in [-0.39, 0.29) is 42.3 Å². The summed E-state index contributed by atoms with van der Waals surface area (Å²) in [6, 6.07) is 14.6. The quantitative estimate of drug-likeness (QED) is 0.503. The Morgan fingerprint density at radius 3 is 2.47 bits per heavy atom. The van der Waals surface area contributed by atoms with Gasteiger partial charge < -0.3 is 9.84 Å². The Morgan fingerprint density at radius 2 is 1.78 bits per heavy atom. The Balaban J connectivity index is 1.69. The van der Waals surface area contributed by atoms with Crippen LogP contribution in [0, 0.1) is 5.92 Å². The maximum absolute atomic E-state index is 13.4. The molecule has 1 atom stereocenters. The summed E-state index contributed by atoms with van der Waals surface area (Å²) in [6.07, 6.45) is 0.497. The van der Waals surface area contributed by atoms with E-state index >= 15 is 0 Å². The summed E-state index contributed by atoms with van der Waals surface area (Å²) in [5.74, 6) is 0.234. The van der Waals surface area contributed by atoms with Crippen LogP contribution in [-0.2, 0) is 23.1 Å². The van der Waals surface area contributed by atoms with E-state index in [4.69, 9.17) is 39.5 Å². The molecule has 2 heterocycles. The van der Waals surface area contributed by atoms with Gasteiger partial charge in [0.25, 0.3) is 10.0 Å². The number of aromatic nitrogens is 1. The zero-order valence-corrected chi connectivity index (χ0v) is 19.8. The molecule has 0 unspecified atom stereocenters. The second kappa shape index (κ2) is 9.45. The van der Waals surface area contributed by atoms with Gasteiger partial charge >= 0.3 is 0 Å². The number of halogens is 3. The second-order valence-electron chi connectivity index (χ2n) is 7.37. The van der Waals surface area contributed by atoms with Gasteiger partial charge in [-0.05, 0) is 48.4 Å². The first-order chi connectivity index (χ1) is 15.3. The standard InChI is InChI=1S/C22H19Cl3N2O4S/c23-16-3-1-4-17(10-16)32(29,30)27-11-14(12-28)9-15-7-8-21(26-22(15)27)31-13-18-19(24)5-2-6-20(18)25/h1-8,10,14,28H,9,11-13H2/t14-/m1/s1. The van der Waals surface area contributed by atoms with Gasteiger partial charge in [-0.2, -0.15) is 4.98 Å². The van der Waals surface area contributed by atoms with Crippen LogP contribution in [0.25, 0.3) is 0 Å². The van der Waals surface area contributed by atoms with Gasteiger partial charge in [0.15, 0.2) is 0 Å². The minimum absolute atomic E-state index is 0.0468. The Hall–Kier alpha value is -2.03. The van der Waals surface area contributed by atoms with Crippen molar-refractivity contribution in [3.8, 4) is 5.88 Å². The molecule has 1 aromatic heterocycles. The minimum atomic E-state index is -3.96. The third-order valence-electron chi connectivity index (χ3n) is 5.17. The van der Waals surface area contributed by atoms with E-state index in [0.717, 1.165) is 0 Å². The molecular weight excluding hydrogens is 495 g/mol. The fourth-order valence-electron chi connectivity index (χ4n) is 3.52. The Bertz CT molecular complexity index is 1230. The van der Waals surface area contributed by atoms with Gasteiger partial charge in [-0.3, -0.25) is 0 Å². The van der Waals surface area contributed by atoms with Crippen LogP contribution in [0.2, 0.25) is 15.1 Å². The lowest BCUT2D eigenvalue weighted by Gasteiger charge is -2.33. The highest BCUT2D eigenvalue weighted by Gasteiger charge is 2.34. The molecule has 0 saturated carbocycles. The number of pyridine rings is 1. The van der Waals surface area contributed by atoms with Crippen molar-refractivity contribution in [1.29, 1.82) is 0 Å². The number of ether oxygens (including phenoxy) is 1. The SMILES string of the molecule is O=S(=O)(c1cccc(Cl)c1)N1C[C@H](CO)Cc2ccc(OCc3c(Cl)cccc3Cl)nc21. The summed E-state index contributed by atoms with van der Waals surface area (Å²) < 4.78 is 33.8. The predicted molar refractivity (Wildman–Crippen MR) is 125 cm³/mol. The number of sulfonamides is 1. The van der Waals surface area contributed by atoms with Crippen LogP contribution in [0.3, 0.4) is 0 Å². The van der Waals surface area contributed by atoms with Crippen molar-refractivity contribution in [2.45, 2.75) is 17.9 Å². The van der Waals surface area contributed by atoms with Gasteiger partial charge in [0.2, 0.25) is 5.88 Å². The summed E-state index contributed by atoms with van der Waals surface area (Å²) >= 11 is 18.4. The number of nitrogens with zero attached hydrogens (tertiary/aromatic N) is 2. The van der Waals surface area contributed by atoms with Gasteiger partial charge in [-0.15, -0.1) is 0 Å². The van der Waals surface area contributed by atoms with Crippen molar-refractivity contribution >= 4 is 50.6 Å². The van der Waals surface area contributed by atoms with Gasteiger partial charge in [-0.1, -0.05) is 46.9 Å². The van der Waals surface area contributed by atoms with Crippen LogP contribution < -0.4 is 9.04 Å². The normalized spacial score (nSPS) is 16.0. The lowest BCUT2D eigenvalue weighted by Crippen LogP contribution is -2.41. The van der Waals surface area contributed by atoms with Crippen molar-refractivity contribution in [3.05, 3.63) is 80.8 Å². The van der Waals surface area contributed by atoms with E-state index in [0.29, 0.717) is 32.6 Å². The maximum Gasteiger partial charge on any atom is 0.265 e. The molecular formula is C22H19Cl3N2O4S. The van der Waals surface area contributed by atoms with Crippen LogP contribution in [0.4, 0.5) is 5.82 Å². The van der Waals surface area contributed by atoms with E-state index in [9.17, 15) is 13.5 Å². The average molecular weight is 514 g/mol. The summed E-state index contributed by atoms with van der Waals surface area (Å²) in [6.45, 7) is 0.0139. The van der Waals surface area contributed by atoms with Crippen LogP contribution in [-0.4, -0.2) is 31.7 Å². The maximum atomic E-state index is 13.4. The van der Waals surface area contributed by atoms with E-state index in [2.05, 4.69) is 4.98 Å². The van der Waals surface area contributed by atoms with Crippen LogP contribution in [0.5, 0.6) is 5.88 Å². The van der Waals surface area contributed by atoms with Crippen molar-refractivity contribution < 1.29 is 18.3 Å². The number of rotatable bonds is 6. The molecule has 1 aliphatic heterocycles. The van der Waals surface area contributed by atoms with E-state index in [1.54, 1.807) is 42.5 Å². The molecule has 0 saturated heterocycles. The number of aliphatic hydroxyl groups is 1. The molecule has 3 aromatic rings. The zero-order chi connectivity index (χ0) is 22.9. The molecule has 10 heteroatoms. The molecule has 4 rings (SSSR count). The predicted octanol–water partition coefficient (Wildman–Crippen LogP) is 4.98. The molecule has 0 aliphatic carbocycles. The summed E-state index contributed by atoms with van der Waals surface area (Å²) in [4.78, 5) is 4.52. The van der Waals surface area contributed by atoms with E-state index < -0.39 is 10.0 Å². The molecule has 168 valence electrons.